The number of hydrogen-bond acceptors (Lipinski definition) is 3. The minimum Gasteiger partial charge on any atom is -0.398 e. The van der Waals surface area contributed by atoms with E-state index in [9.17, 15) is 8.42 Å². The molecule has 0 radical (unpaired) electrons. The Morgan fingerprint density at radius 1 is 1.38 bits per heavy atom. The van der Waals surface area contributed by atoms with E-state index in [1.807, 2.05) is 6.92 Å². The quantitative estimate of drug-likeness (QED) is 0.785. The van der Waals surface area contributed by atoms with Gasteiger partial charge in [-0.3, -0.25) is 0 Å². The number of nitrogens with two attached hydrogens (primary N) is 1. The van der Waals surface area contributed by atoms with Crippen molar-refractivity contribution in [2.24, 2.45) is 0 Å². The number of sulfonamides is 1. The maximum Gasteiger partial charge on any atom is 0.243 e. The molecule has 0 atom stereocenters. The first-order valence-corrected chi connectivity index (χ1v) is 6.71. The lowest BCUT2D eigenvalue weighted by Gasteiger charge is -2.15. The van der Waals surface area contributed by atoms with E-state index in [-0.39, 0.29) is 10.4 Å². The Morgan fingerprint density at radius 2 is 2.00 bits per heavy atom. The van der Waals surface area contributed by atoms with E-state index in [4.69, 9.17) is 5.73 Å². The Labute approximate surface area is 95.9 Å². The Morgan fingerprint density at radius 3 is 2.50 bits per heavy atom. The van der Waals surface area contributed by atoms with Crippen molar-refractivity contribution in [1.29, 1.82) is 0 Å². The van der Waals surface area contributed by atoms with Gasteiger partial charge >= 0.3 is 0 Å². The number of nitrogens with one attached hydrogen (secondary N) is 1. The van der Waals surface area contributed by atoms with Gasteiger partial charge in [0.15, 0.2) is 0 Å². The first-order chi connectivity index (χ1) is 7.34. The Kier molecular flexibility index (Phi) is 2.47. The normalized spacial score (nSPS) is 18.4. The van der Waals surface area contributed by atoms with Gasteiger partial charge in [-0.15, -0.1) is 0 Å². The van der Waals surface area contributed by atoms with Crippen molar-refractivity contribution in [2.45, 2.75) is 37.1 Å². The summed E-state index contributed by atoms with van der Waals surface area (Å²) in [4.78, 5) is 0.211. The molecule has 1 aliphatic rings. The summed E-state index contributed by atoms with van der Waals surface area (Å²) in [5, 5.41) is 0. The lowest BCUT2D eigenvalue weighted by atomic mass is 10.2. The molecule has 0 aliphatic heterocycles. The van der Waals surface area contributed by atoms with Crippen LogP contribution in [-0.4, -0.2) is 14.0 Å². The van der Waals surface area contributed by atoms with Crippen LogP contribution in [0, 0.1) is 6.92 Å². The van der Waals surface area contributed by atoms with Crippen LogP contribution < -0.4 is 10.5 Å². The van der Waals surface area contributed by atoms with Gasteiger partial charge in [0, 0.05) is 5.54 Å². The van der Waals surface area contributed by atoms with E-state index in [0.29, 0.717) is 11.3 Å². The molecule has 0 bridgehead atoms. The fourth-order valence-electron chi connectivity index (χ4n) is 1.71. The number of rotatable bonds is 3. The smallest absolute Gasteiger partial charge is 0.243 e. The first-order valence-electron chi connectivity index (χ1n) is 5.23. The first kappa shape index (κ1) is 11.4. The summed E-state index contributed by atoms with van der Waals surface area (Å²) in [7, 11) is -3.49. The summed E-state index contributed by atoms with van der Waals surface area (Å²) < 4.78 is 27.0. The van der Waals surface area contributed by atoms with Crippen molar-refractivity contribution >= 4 is 15.7 Å². The monoisotopic (exact) mass is 240 g/mol. The third-order valence-electron chi connectivity index (χ3n) is 2.89. The third kappa shape index (κ3) is 2.05. The predicted molar refractivity (Wildman–Crippen MR) is 63.6 cm³/mol. The number of benzene rings is 1. The molecule has 0 heterocycles. The molecule has 1 fully saturated rings. The van der Waals surface area contributed by atoms with Crippen molar-refractivity contribution in [2.75, 3.05) is 5.73 Å². The van der Waals surface area contributed by atoms with Gasteiger partial charge in [-0.1, -0.05) is 12.1 Å². The average Bonchev–Trinajstić information content (AvgIpc) is 2.80. The number of nitrogen functional groups attached to an aromatic ring is 1. The maximum atomic E-state index is 12.1. The van der Waals surface area contributed by atoms with Gasteiger partial charge in [0.2, 0.25) is 10.0 Å². The van der Waals surface area contributed by atoms with Crippen LogP contribution >= 0.6 is 0 Å². The molecule has 0 spiro atoms. The van der Waals surface area contributed by atoms with Crippen LogP contribution in [0.3, 0.4) is 0 Å². The Bertz CT molecular complexity index is 499. The Balaban J connectivity index is 2.43. The fraction of sp³-hybridized carbons (Fsp3) is 0.455. The molecular weight excluding hydrogens is 224 g/mol. The minimum absolute atomic E-state index is 0.211. The van der Waals surface area contributed by atoms with Crippen LogP contribution in [0.4, 0.5) is 5.69 Å². The highest BCUT2D eigenvalue weighted by Crippen LogP contribution is 2.36. The van der Waals surface area contributed by atoms with Gasteiger partial charge in [-0.2, -0.15) is 0 Å². The van der Waals surface area contributed by atoms with Crippen molar-refractivity contribution < 1.29 is 8.42 Å². The van der Waals surface area contributed by atoms with Crippen LogP contribution in [0.15, 0.2) is 23.1 Å². The molecule has 0 amide bonds. The molecule has 16 heavy (non-hydrogen) atoms. The lowest BCUT2D eigenvalue weighted by molar-refractivity contribution is 0.558. The van der Waals surface area contributed by atoms with Crippen molar-refractivity contribution in [3.05, 3.63) is 23.8 Å². The van der Waals surface area contributed by atoms with Crippen LogP contribution in [0.5, 0.6) is 0 Å². The number of hydrogen-bond donors (Lipinski definition) is 2. The lowest BCUT2D eigenvalue weighted by Crippen LogP contribution is -2.35. The zero-order valence-electron chi connectivity index (χ0n) is 9.45. The van der Waals surface area contributed by atoms with Gasteiger partial charge in [0.1, 0.15) is 4.90 Å². The van der Waals surface area contributed by atoms with E-state index < -0.39 is 10.0 Å². The molecule has 1 saturated carbocycles. The van der Waals surface area contributed by atoms with E-state index >= 15 is 0 Å². The summed E-state index contributed by atoms with van der Waals surface area (Å²) in [6.45, 7) is 3.65. The maximum absolute atomic E-state index is 12.1. The summed E-state index contributed by atoms with van der Waals surface area (Å²) in [5.41, 5.74) is 6.44. The van der Waals surface area contributed by atoms with Gasteiger partial charge in [0.05, 0.1) is 5.69 Å². The summed E-state index contributed by atoms with van der Waals surface area (Å²) in [6.07, 6.45) is 1.77. The SMILES string of the molecule is Cc1cccc(N)c1S(=O)(=O)NC1(C)CC1. The minimum atomic E-state index is -3.49. The zero-order chi connectivity index (χ0) is 12.0. The van der Waals surface area contributed by atoms with Crippen LogP contribution in [0.1, 0.15) is 25.3 Å². The third-order valence-corrected chi connectivity index (χ3v) is 4.75. The summed E-state index contributed by atoms with van der Waals surface area (Å²) in [6, 6.07) is 5.11. The topological polar surface area (TPSA) is 72.2 Å². The second kappa shape index (κ2) is 3.46. The van der Waals surface area contributed by atoms with E-state index in [1.54, 1.807) is 25.1 Å². The van der Waals surface area contributed by atoms with Gasteiger partial charge in [-0.05, 0) is 38.3 Å². The molecule has 0 aromatic heterocycles. The molecular formula is C11H16N2O2S. The number of anilines is 1. The fourth-order valence-corrected chi connectivity index (χ4v) is 3.53. The number of aryl methyl sites for hydroxylation is 1. The van der Waals surface area contributed by atoms with Crippen molar-refractivity contribution in [3.63, 3.8) is 0 Å². The molecule has 0 unspecified atom stereocenters. The van der Waals surface area contributed by atoms with E-state index in [0.717, 1.165) is 12.8 Å². The van der Waals surface area contributed by atoms with Crippen LogP contribution in [0.2, 0.25) is 0 Å². The van der Waals surface area contributed by atoms with Crippen LogP contribution in [-0.2, 0) is 10.0 Å². The van der Waals surface area contributed by atoms with Gasteiger partial charge in [0.25, 0.3) is 0 Å². The molecule has 88 valence electrons. The van der Waals surface area contributed by atoms with E-state index in [2.05, 4.69) is 4.72 Å². The van der Waals surface area contributed by atoms with Crippen molar-refractivity contribution in [1.82, 2.24) is 4.72 Å². The molecule has 4 nitrogen and oxygen atoms in total. The van der Waals surface area contributed by atoms with E-state index in [1.165, 1.54) is 0 Å². The highest BCUT2D eigenvalue weighted by molar-refractivity contribution is 7.89. The average molecular weight is 240 g/mol. The zero-order valence-corrected chi connectivity index (χ0v) is 10.3. The molecule has 0 saturated heterocycles. The second-order valence-electron chi connectivity index (χ2n) is 4.66. The molecule has 2 rings (SSSR count). The van der Waals surface area contributed by atoms with Gasteiger partial charge in [-0.25, -0.2) is 13.1 Å². The molecule has 5 heteroatoms. The highest BCUT2D eigenvalue weighted by Gasteiger charge is 2.41. The summed E-state index contributed by atoms with van der Waals surface area (Å²) >= 11 is 0. The van der Waals surface area contributed by atoms with Crippen LogP contribution in [0.25, 0.3) is 0 Å². The largest absolute Gasteiger partial charge is 0.398 e. The van der Waals surface area contributed by atoms with Gasteiger partial charge < -0.3 is 5.73 Å². The highest BCUT2D eigenvalue weighted by atomic mass is 32.2. The summed E-state index contributed by atoms with van der Waals surface area (Å²) in [5.74, 6) is 0. The molecule has 1 aromatic carbocycles. The standard InChI is InChI=1S/C11H16N2O2S/c1-8-4-3-5-9(12)10(8)16(14,15)13-11(2)6-7-11/h3-5,13H,6-7,12H2,1-2H3. The molecule has 3 N–H and O–H groups in total. The second-order valence-corrected chi connectivity index (χ2v) is 6.28. The molecule has 1 aliphatic carbocycles. The van der Waals surface area contributed by atoms with Crippen molar-refractivity contribution in [3.8, 4) is 0 Å². The Hall–Kier alpha value is -1.07. The molecule has 1 aromatic rings. The predicted octanol–water partition coefficient (Wildman–Crippen LogP) is 1.41.